The molecule has 0 amide bonds. The molecule has 0 unspecified atom stereocenters. The van der Waals surface area contributed by atoms with Crippen LogP contribution >= 0.6 is 0 Å². The molecule has 0 radical (unpaired) electrons. The summed E-state index contributed by atoms with van der Waals surface area (Å²) in [4.78, 5) is 14.5. The van der Waals surface area contributed by atoms with Gasteiger partial charge in [0.15, 0.2) is 6.61 Å². The maximum absolute atomic E-state index is 10.3. The lowest BCUT2D eigenvalue weighted by Crippen LogP contribution is -2.10. The first kappa shape index (κ1) is 8.99. The van der Waals surface area contributed by atoms with E-state index in [1.54, 1.807) is 6.07 Å². The zero-order chi connectivity index (χ0) is 9.97. The molecule has 1 aliphatic rings. The second-order valence-corrected chi connectivity index (χ2v) is 3.29. The monoisotopic (exact) mass is 193 g/mol. The molecule has 4 heteroatoms. The summed E-state index contributed by atoms with van der Waals surface area (Å²) in [6.45, 7) is -0.328. The smallest absolute Gasteiger partial charge is 0.341 e. The van der Waals surface area contributed by atoms with E-state index in [1.807, 2.05) is 6.07 Å². The molecule has 2 rings (SSSR count). The van der Waals surface area contributed by atoms with Crippen LogP contribution in [0, 0.1) is 0 Å². The van der Waals surface area contributed by atoms with Crippen LogP contribution in [0.5, 0.6) is 5.88 Å². The van der Waals surface area contributed by atoms with E-state index in [0.29, 0.717) is 5.88 Å². The maximum Gasteiger partial charge on any atom is 0.341 e. The van der Waals surface area contributed by atoms with Crippen LogP contribution in [0.25, 0.3) is 0 Å². The minimum absolute atomic E-state index is 0.328. The van der Waals surface area contributed by atoms with Gasteiger partial charge in [0.05, 0.1) is 0 Å². The number of aromatic nitrogens is 1. The number of pyridine rings is 1. The molecule has 4 nitrogen and oxygen atoms in total. The van der Waals surface area contributed by atoms with Gasteiger partial charge in [0.25, 0.3) is 0 Å². The van der Waals surface area contributed by atoms with Crippen molar-refractivity contribution in [1.29, 1.82) is 0 Å². The largest absolute Gasteiger partial charge is 0.479 e. The van der Waals surface area contributed by atoms with E-state index in [9.17, 15) is 4.79 Å². The lowest BCUT2D eigenvalue weighted by atomic mass is 10.2. The Kier molecular flexibility index (Phi) is 2.35. The normalized spacial score (nSPS) is 13.7. The number of aliphatic carboxylic acids is 1. The standard InChI is InChI=1S/C10H11NO3/c12-10(13)6-14-9-5-4-7-2-1-3-8(7)11-9/h4-5H,1-3,6H2,(H,12,13). The van der Waals surface area contributed by atoms with E-state index in [4.69, 9.17) is 9.84 Å². The summed E-state index contributed by atoms with van der Waals surface area (Å²) >= 11 is 0. The van der Waals surface area contributed by atoms with Gasteiger partial charge in [0, 0.05) is 11.8 Å². The van der Waals surface area contributed by atoms with Crippen LogP contribution in [-0.2, 0) is 17.6 Å². The highest BCUT2D eigenvalue weighted by Gasteiger charge is 2.13. The summed E-state index contributed by atoms with van der Waals surface area (Å²) in [5.41, 5.74) is 2.31. The topological polar surface area (TPSA) is 59.4 Å². The fraction of sp³-hybridized carbons (Fsp3) is 0.400. The van der Waals surface area contributed by atoms with Crippen molar-refractivity contribution < 1.29 is 14.6 Å². The third kappa shape index (κ3) is 1.84. The molecule has 0 saturated heterocycles. The Balaban J connectivity index is 2.09. The van der Waals surface area contributed by atoms with Crippen LogP contribution < -0.4 is 4.74 Å². The van der Waals surface area contributed by atoms with E-state index < -0.39 is 5.97 Å². The van der Waals surface area contributed by atoms with Crippen LogP contribution in [-0.4, -0.2) is 22.7 Å². The van der Waals surface area contributed by atoms with Gasteiger partial charge < -0.3 is 9.84 Å². The third-order valence-electron chi connectivity index (χ3n) is 2.25. The van der Waals surface area contributed by atoms with Gasteiger partial charge in [-0.1, -0.05) is 6.07 Å². The van der Waals surface area contributed by atoms with E-state index in [-0.39, 0.29) is 6.61 Å². The van der Waals surface area contributed by atoms with E-state index in [0.717, 1.165) is 25.0 Å². The van der Waals surface area contributed by atoms with Gasteiger partial charge in [0.1, 0.15) is 0 Å². The number of nitrogens with zero attached hydrogens (tertiary/aromatic N) is 1. The Bertz CT molecular complexity index is 362. The molecule has 1 aromatic heterocycles. The molecule has 0 fully saturated rings. The molecular formula is C10H11NO3. The summed E-state index contributed by atoms with van der Waals surface area (Å²) in [5, 5.41) is 8.42. The molecule has 0 aromatic carbocycles. The number of carboxylic acids is 1. The zero-order valence-corrected chi connectivity index (χ0v) is 7.69. The highest BCUT2D eigenvalue weighted by Crippen LogP contribution is 2.22. The quantitative estimate of drug-likeness (QED) is 0.779. The second kappa shape index (κ2) is 3.65. The van der Waals surface area contributed by atoms with Gasteiger partial charge >= 0.3 is 5.97 Å². The molecule has 0 atom stereocenters. The van der Waals surface area contributed by atoms with Gasteiger partial charge in [-0.15, -0.1) is 0 Å². The van der Waals surface area contributed by atoms with Crippen LogP contribution in [0.15, 0.2) is 12.1 Å². The van der Waals surface area contributed by atoms with Gasteiger partial charge in [-0.3, -0.25) is 0 Å². The van der Waals surface area contributed by atoms with E-state index in [2.05, 4.69) is 4.98 Å². The summed E-state index contributed by atoms with van der Waals surface area (Å²) in [6.07, 6.45) is 3.17. The first-order chi connectivity index (χ1) is 6.75. The molecule has 0 aliphatic heterocycles. The van der Waals surface area contributed by atoms with Crippen molar-refractivity contribution in [2.45, 2.75) is 19.3 Å². The molecule has 74 valence electrons. The van der Waals surface area contributed by atoms with Crippen molar-refractivity contribution in [2.24, 2.45) is 0 Å². The Morgan fingerprint density at radius 3 is 3.14 bits per heavy atom. The fourth-order valence-corrected chi connectivity index (χ4v) is 1.62. The minimum atomic E-state index is -0.979. The van der Waals surface area contributed by atoms with Crippen LogP contribution in [0.4, 0.5) is 0 Å². The Morgan fingerprint density at radius 1 is 1.50 bits per heavy atom. The average Bonchev–Trinajstić information content (AvgIpc) is 2.61. The number of carboxylic acid groups (broad SMARTS) is 1. The SMILES string of the molecule is O=C(O)COc1ccc2c(n1)CCC2. The van der Waals surface area contributed by atoms with Crippen LogP contribution in [0.1, 0.15) is 17.7 Å². The van der Waals surface area contributed by atoms with Crippen molar-refractivity contribution >= 4 is 5.97 Å². The number of aryl methyl sites for hydroxylation is 2. The summed E-state index contributed by atoms with van der Waals surface area (Å²) < 4.78 is 4.98. The highest BCUT2D eigenvalue weighted by atomic mass is 16.5. The predicted molar refractivity (Wildman–Crippen MR) is 49.4 cm³/mol. The summed E-state index contributed by atoms with van der Waals surface area (Å²) in [7, 11) is 0. The molecule has 0 spiro atoms. The van der Waals surface area contributed by atoms with Crippen molar-refractivity contribution in [1.82, 2.24) is 4.98 Å². The fourth-order valence-electron chi connectivity index (χ4n) is 1.62. The van der Waals surface area contributed by atoms with Gasteiger partial charge in [-0.2, -0.15) is 0 Å². The number of fused-ring (bicyclic) bond motifs is 1. The number of hydrogen-bond acceptors (Lipinski definition) is 3. The van der Waals surface area contributed by atoms with Gasteiger partial charge in [0.2, 0.25) is 5.88 Å². The lowest BCUT2D eigenvalue weighted by Gasteiger charge is -2.03. The predicted octanol–water partition coefficient (Wildman–Crippen LogP) is 1.03. The minimum Gasteiger partial charge on any atom is -0.479 e. The second-order valence-electron chi connectivity index (χ2n) is 3.29. The molecule has 0 bridgehead atoms. The number of carbonyl (C=O) groups is 1. The molecular weight excluding hydrogens is 182 g/mol. The molecule has 14 heavy (non-hydrogen) atoms. The van der Waals surface area contributed by atoms with Crippen molar-refractivity contribution in [3.8, 4) is 5.88 Å². The van der Waals surface area contributed by atoms with E-state index >= 15 is 0 Å². The summed E-state index contributed by atoms with van der Waals surface area (Å²) in [6, 6.07) is 3.69. The average molecular weight is 193 g/mol. The number of rotatable bonds is 3. The Morgan fingerprint density at radius 2 is 2.36 bits per heavy atom. The maximum atomic E-state index is 10.3. The lowest BCUT2D eigenvalue weighted by molar-refractivity contribution is -0.139. The molecule has 1 heterocycles. The van der Waals surface area contributed by atoms with E-state index in [1.165, 1.54) is 5.56 Å². The molecule has 0 saturated carbocycles. The number of ether oxygens (including phenoxy) is 1. The van der Waals surface area contributed by atoms with Crippen LogP contribution in [0.3, 0.4) is 0 Å². The highest BCUT2D eigenvalue weighted by molar-refractivity contribution is 5.68. The zero-order valence-electron chi connectivity index (χ0n) is 7.69. The first-order valence-corrected chi connectivity index (χ1v) is 4.59. The van der Waals surface area contributed by atoms with Crippen molar-refractivity contribution in [3.05, 3.63) is 23.4 Å². The summed E-state index contributed by atoms with van der Waals surface area (Å²) in [5.74, 6) is -0.569. The van der Waals surface area contributed by atoms with Gasteiger partial charge in [-0.05, 0) is 24.8 Å². The van der Waals surface area contributed by atoms with Crippen LogP contribution in [0.2, 0.25) is 0 Å². The Hall–Kier alpha value is -1.58. The molecule has 1 aromatic rings. The Labute approximate surface area is 81.5 Å². The third-order valence-corrected chi connectivity index (χ3v) is 2.25. The van der Waals surface area contributed by atoms with Crippen molar-refractivity contribution in [3.63, 3.8) is 0 Å². The number of hydrogen-bond donors (Lipinski definition) is 1. The molecule has 1 aliphatic carbocycles. The molecule has 1 N–H and O–H groups in total. The van der Waals surface area contributed by atoms with Gasteiger partial charge in [-0.25, -0.2) is 9.78 Å². The first-order valence-electron chi connectivity index (χ1n) is 4.59. The van der Waals surface area contributed by atoms with Crippen molar-refractivity contribution in [2.75, 3.05) is 6.61 Å².